The van der Waals surface area contributed by atoms with Gasteiger partial charge in [0.15, 0.2) is 15.2 Å². The van der Waals surface area contributed by atoms with Crippen LogP contribution in [-0.2, 0) is 0 Å². The third kappa shape index (κ3) is 2.93. The van der Waals surface area contributed by atoms with E-state index in [0.717, 1.165) is 31.0 Å². The Hall–Kier alpha value is -0.850. The number of hydrogen-bond acceptors (Lipinski definition) is 5. The van der Waals surface area contributed by atoms with Gasteiger partial charge in [-0.25, -0.2) is 9.78 Å². The number of nitrogens with zero attached hydrogens (tertiary/aromatic N) is 3. The van der Waals surface area contributed by atoms with Gasteiger partial charge in [0.05, 0.1) is 0 Å². The lowest BCUT2D eigenvalue weighted by Gasteiger charge is -2.20. The number of halogens is 1. The summed E-state index contributed by atoms with van der Waals surface area (Å²) in [5.41, 5.74) is 0. The van der Waals surface area contributed by atoms with Crippen molar-refractivity contribution < 1.29 is 9.90 Å². The summed E-state index contributed by atoms with van der Waals surface area (Å²) in [4.78, 5) is 19.4. The molecule has 18 heavy (non-hydrogen) atoms. The van der Waals surface area contributed by atoms with E-state index in [-0.39, 0.29) is 10.0 Å². The van der Waals surface area contributed by atoms with Crippen LogP contribution in [0.3, 0.4) is 0 Å². The van der Waals surface area contributed by atoms with Gasteiger partial charge in [0, 0.05) is 20.1 Å². The summed E-state index contributed by atoms with van der Waals surface area (Å²) >= 11 is 6.94. The molecule has 2 heterocycles. The second-order valence-corrected chi connectivity index (χ2v) is 6.05. The standard InChI is InChI=1S/C11H16ClN3O2S/c1-14-4-3-7(5-14)6-15(2)11-13-9(12)8(18-11)10(16)17/h7H,3-6H2,1-2H3,(H,16,17). The van der Waals surface area contributed by atoms with Crippen LogP contribution in [0.4, 0.5) is 5.13 Å². The molecule has 0 saturated carbocycles. The minimum absolute atomic E-state index is 0.0814. The summed E-state index contributed by atoms with van der Waals surface area (Å²) < 4.78 is 0. The fourth-order valence-corrected chi connectivity index (χ4v) is 3.32. The molecule has 5 nitrogen and oxygen atoms in total. The highest BCUT2D eigenvalue weighted by Gasteiger charge is 2.23. The summed E-state index contributed by atoms with van der Waals surface area (Å²) in [6.45, 7) is 3.08. The van der Waals surface area contributed by atoms with Crippen molar-refractivity contribution in [2.75, 3.05) is 38.6 Å². The molecular formula is C11H16ClN3O2S. The van der Waals surface area contributed by atoms with Gasteiger partial charge in [0.1, 0.15) is 0 Å². The first-order valence-electron chi connectivity index (χ1n) is 5.76. The van der Waals surface area contributed by atoms with Crippen molar-refractivity contribution in [1.29, 1.82) is 0 Å². The van der Waals surface area contributed by atoms with Gasteiger partial charge in [-0.2, -0.15) is 0 Å². The van der Waals surface area contributed by atoms with Gasteiger partial charge in [-0.15, -0.1) is 0 Å². The number of aromatic carboxylic acids is 1. The smallest absolute Gasteiger partial charge is 0.349 e. The minimum Gasteiger partial charge on any atom is -0.477 e. The third-order valence-corrected chi connectivity index (χ3v) is 4.66. The molecule has 100 valence electrons. The van der Waals surface area contributed by atoms with Gasteiger partial charge in [-0.1, -0.05) is 22.9 Å². The number of thiazole rings is 1. The lowest BCUT2D eigenvalue weighted by molar-refractivity contribution is 0.0702. The van der Waals surface area contributed by atoms with Crippen molar-refractivity contribution in [2.24, 2.45) is 5.92 Å². The van der Waals surface area contributed by atoms with E-state index in [2.05, 4.69) is 16.9 Å². The molecule has 1 fully saturated rings. The molecule has 1 aromatic rings. The number of likely N-dealkylation sites (tertiary alicyclic amines) is 1. The highest BCUT2D eigenvalue weighted by molar-refractivity contribution is 7.18. The molecule has 2 rings (SSSR count). The quantitative estimate of drug-likeness (QED) is 0.917. The fourth-order valence-electron chi connectivity index (χ4n) is 2.23. The van der Waals surface area contributed by atoms with Crippen molar-refractivity contribution >= 4 is 34.0 Å². The Labute approximate surface area is 115 Å². The zero-order chi connectivity index (χ0) is 13.3. The summed E-state index contributed by atoms with van der Waals surface area (Å²) in [6.07, 6.45) is 1.17. The Morgan fingerprint density at radius 1 is 1.72 bits per heavy atom. The van der Waals surface area contributed by atoms with Crippen LogP contribution >= 0.6 is 22.9 Å². The maximum absolute atomic E-state index is 10.9. The van der Waals surface area contributed by atoms with Crippen LogP contribution in [0.25, 0.3) is 0 Å². The maximum atomic E-state index is 10.9. The second-order valence-electron chi connectivity index (χ2n) is 4.72. The number of aromatic nitrogens is 1. The monoisotopic (exact) mass is 289 g/mol. The fraction of sp³-hybridized carbons (Fsp3) is 0.636. The van der Waals surface area contributed by atoms with E-state index < -0.39 is 5.97 Å². The Bertz CT molecular complexity index is 451. The van der Waals surface area contributed by atoms with E-state index in [1.165, 1.54) is 6.42 Å². The first-order chi connectivity index (χ1) is 8.47. The highest BCUT2D eigenvalue weighted by Crippen LogP contribution is 2.30. The molecule has 0 aromatic carbocycles. The van der Waals surface area contributed by atoms with Gasteiger partial charge in [0.2, 0.25) is 0 Å². The average Bonchev–Trinajstić information content (AvgIpc) is 2.85. The predicted octanol–water partition coefficient (Wildman–Crippen LogP) is 1.88. The number of rotatable bonds is 4. The molecule has 0 aliphatic carbocycles. The Morgan fingerprint density at radius 2 is 2.44 bits per heavy atom. The molecule has 0 amide bonds. The Balaban J connectivity index is 2.02. The van der Waals surface area contributed by atoms with Gasteiger partial charge in [-0.05, 0) is 25.9 Å². The topological polar surface area (TPSA) is 56.7 Å². The summed E-state index contributed by atoms with van der Waals surface area (Å²) in [5.74, 6) is -0.409. The van der Waals surface area contributed by atoms with Crippen molar-refractivity contribution in [3.63, 3.8) is 0 Å². The molecule has 1 N–H and O–H groups in total. The SMILES string of the molecule is CN1CCC(CN(C)c2nc(Cl)c(C(=O)O)s2)C1. The zero-order valence-electron chi connectivity index (χ0n) is 10.4. The molecule has 1 atom stereocenters. The van der Waals surface area contributed by atoms with E-state index in [1.807, 2.05) is 11.9 Å². The van der Waals surface area contributed by atoms with Gasteiger partial charge >= 0.3 is 5.97 Å². The number of carboxylic acids is 1. The van der Waals surface area contributed by atoms with Crippen molar-refractivity contribution in [3.8, 4) is 0 Å². The van der Waals surface area contributed by atoms with Crippen LogP contribution in [0.2, 0.25) is 5.15 Å². The Kier molecular flexibility index (Phi) is 4.09. The number of anilines is 1. The Morgan fingerprint density at radius 3 is 2.94 bits per heavy atom. The molecule has 0 bridgehead atoms. The van der Waals surface area contributed by atoms with E-state index in [9.17, 15) is 4.79 Å². The molecule has 1 aliphatic rings. The van der Waals surface area contributed by atoms with E-state index >= 15 is 0 Å². The first kappa shape index (κ1) is 13.6. The van der Waals surface area contributed by atoms with E-state index in [0.29, 0.717) is 11.0 Å². The van der Waals surface area contributed by atoms with Crippen LogP contribution in [-0.4, -0.2) is 54.7 Å². The molecule has 1 aliphatic heterocycles. The highest BCUT2D eigenvalue weighted by atomic mass is 35.5. The van der Waals surface area contributed by atoms with Gasteiger partial charge in [0.25, 0.3) is 0 Å². The van der Waals surface area contributed by atoms with Crippen molar-refractivity contribution in [2.45, 2.75) is 6.42 Å². The van der Waals surface area contributed by atoms with Crippen LogP contribution in [0, 0.1) is 5.92 Å². The first-order valence-corrected chi connectivity index (χ1v) is 6.96. The van der Waals surface area contributed by atoms with Crippen LogP contribution in [0.15, 0.2) is 0 Å². The molecular weight excluding hydrogens is 274 g/mol. The molecule has 1 saturated heterocycles. The summed E-state index contributed by atoms with van der Waals surface area (Å²) in [7, 11) is 4.04. The van der Waals surface area contributed by atoms with E-state index in [1.54, 1.807) is 0 Å². The maximum Gasteiger partial charge on any atom is 0.349 e. The van der Waals surface area contributed by atoms with E-state index in [4.69, 9.17) is 16.7 Å². The summed E-state index contributed by atoms with van der Waals surface area (Å²) in [5, 5.41) is 9.69. The molecule has 0 spiro atoms. The van der Waals surface area contributed by atoms with Gasteiger partial charge < -0.3 is 14.9 Å². The van der Waals surface area contributed by atoms with Gasteiger partial charge in [-0.3, -0.25) is 0 Å². The third-order valence-electron chi connectivity index (χ3n) is 3.12. The lowest BCUT2D eigenvalue weighted by atomic mass is 10.1. The largest absolute Gasteiger partial charge is 0.477 e. The lowest BCUT2D eigenvalue weighted by Crippen LogP contribution is -2.27. The summed E-state index contributed by atoms with van der Waals surface area (Å²) in [6, 6.07) is 0. The predicted molar refractivity (Wildman–Crippen MR) is 73.0 cm³/mol. The molecule has 1 aromatic heterocycles. The number of hydrogen-bond donors (Lipinski definition) is 1. The van der Waals surface area contributed by atoms with Crippen LogP contribution < -0.4 is 4.90 Å². The average molecular weight is 290 g/mol. The number of carboxylic acid groups (broad SMARTS) is 1. The minimum atomic E-state index is -1.02. The molecule has 1 unspecified atom stereocenters. The molecule has 7 heteroatoms. The second kappa shape index (κ2) is 5.42. The normalized spacial score (nSPS) is 20.3. The zero-order valence-corrected chi connectivity index (χ0v) is 12.0. The molecule has 0 radical (unpaired) electrons. The van der Waals surface area contributed by atoms with Crippen LogP contribution in [0.1, 0.15) is 16.1 Å². The number of carbonyl (C=O) groups is 1. The van der Waals surface area contributed by atoms with Crippen LogP contribution in [0.5, 0.6) is 0 Å². The van der Waals surface area contributed by atoms with Crippen molar-refractivity contribution in [1.82, 2.24) is 9.88 Å². The van der Waals surface area contributed by atoms with Crippen molar-refractivity contribution in [3.05, 3.63) is 10.0 Å².